The van der Waals surface area contributed by atoms with Gasteiger partial charge in [0.05, 0.1) is 17.8 Å². The van der Waals surface area contributed by atoms with Gasteiger partial charge in [0, 0.05) is 30.2 Å². The Kier molecular flexibility index (Phi) is 6.01. The Balaban J connectivity index is 1.57. The molecule has 1 saturated carbocycles. The average molecular weight is 445 g/mol. The summed E-state index contributed by atoms with van der Waals surface area (Å²) in [6.45, 7) is 5.35. The van der Waals surface area contributed by atoms with E-state index in [0.29, 0.717) is 6.04 Å². The van der Waals surface area contributed by atoms with E-state index in [0.717, 1.165) is 17.4 Å². The number of nitrogens with one attached hydrogen (secondary N) is 1. The molecule has 0 bridgehead atoms. The predicted octanol–water partition coefficient (Wildman–Crippen LogP) is 6.18. The topological polar surface area (TPSA) is 33.1 Å². The van der Waals surface area contributed by atoms with Crippen LogP contribution < -0.4 is 5.32 Å². The average Bonchev–Trinajstić information content (AvgIpc) is 3.30. The van der Waals surface area contributed by atoms with E-state index in [1.54, 1.807) is 0 Å². The molecule has 2 atom stereocenters. The second-order valence-corrected chi connectivity index (χ2v) is 9.62. The lowest BCUT2D eigenvalue weighted by Crippen LogP contribution is -2.29. The van der Waals surface area contributed by atoms with Gasteiger partial charge in [0.2, 0.25) is 0 Å². The Morgan fingerprint density at radius 1 is 1.00 bits per heavy atom. The van der Waals surface area contributed by atoms with Crippen LogP contribution in [0.1, 0.15) is 78.4 Å². The molecule has 32 heavy (non-hydrogen) atoms. The zero-order valence-corrected chi connectivity index (χ0v) is 19.8. The molecule has 2 aliphatic rings. The van der Waals surface area contributed by atoms with Crippen LogP contribution >= 0.6 is 12.2 Å². The van der Waals surface area contributed by atoms with Gasteiger partial charge in [-0.2, -0.15) is 0 Å². The van der Waals surface area contributed by atoms with Gasteiger partial charge in [-0.1, -0.05) is 55.7 Å². The number of rotatable bonds is 5. The number of pyridine rings is 1. The summed E-state index contributed by atoms with van der Waals surface area (Å²) in [5.41, 5.74) is 6.42. The van der Waals surface area contributed by atoms with Crippen molar-refractivity contribution in [1.29, 1.82) is 0 Å². The molecule has 1 aromatic carbocycles. The highest BCUT2D eigenvalue weighted by atomic mass is 32.1. The van der Waals surface area contributed by atoms with Crippen molar-refractivity contribution in [2.45, 2.75) is 70.6 Å². The minimum absolute atomic E-state index is 0.0349. The molecule has 2 aromatic heterocycles. The van der Waals surface area contributed by atoms with Crippen LogP contribution in [0, 0.1) is 13.8 Å². The van der Waals surface area contributed by atoms with Crippen LogP contribution in [0.25, 0.3) is 0 Å². The van der Waals surface area contributed by atoms with E-state index in [9.17, 15) is 0 Å². The molecule has 4 nitrogen and oxygen atoms in total. The Morgan fingerprint density at radius 2 is 1.75 bits per heavy atom. The highest BCUT2D eigenvalue weighted by molar-refractivity contribution is 7.80. The lowest BCUT2D eigenvalue weighted by Gasteiger charge is -2.30. The number of thiocarbonyl (C=S) groups is 1. The van der Waals surface area contributed by atoms with Crippen molar-refractivity contribution in [3.8, 4) is 0 Å². The van der Waals surface area contributed by atoms with Crippen LogP contribution in [0.3, 0.4) is 0 Å². The van der Waals surface area contributed by atoms with E-state index in [4.69, 9.17) is 17.2 Å². The summed E-state index contributed by atoms with van der Waals surface area (Å²) in [7, 11) is 0. The van der Waals surface area contributed by atoms with Crippen molar-refractivity contribution in [3.63, 3.8) is 0 Å². The van der Waals surface area contributed by atoms with Gasteiger partial charge in [0.15, 0.2) is 5.11 Å². The lowest BCUT2D eigenvalue weighted by atomic mass is 9.94. The summed E-state index contributed by atoms with van der Waals surface area (Å²) >= 11 is 5.88. The number of nitrogens with zero attached hydrogens (tertiary/aromatic N) is 3. The normalized spacial score (nSPS) is 21.7. The first-order valence-electron chi connectivity index (χ1n) is 11.8. The van der Waals surface area contributed by atoms with Crippen molar-refractivity contribution >= 4 is 17.3 Å². The largest absolute Gasteiger partial charge is 0.352 e. The van der Waals surface area contributed by atoms with Gasteiger partial charge in [-0.05, 0) is 68.2 Å². The molecule has 3 heterocycles. The summed E-state index contributed by atoms with van der Waals surface area (Å²) in [6, 6.07) is 19.9. The van der Waals surface area contributed by atoms with Crippen LogP contribution in [0.15, 0.2) is 60.8 Å². The van der Waals surface area contributed by atoms with Gasteiger partial charge in [0.25, 0.3) is 0 Å². The second-order valence-electron chi connectivity index (χ2n) is 9.23. The number of aromatic nitrogens is 2. The van der Waals surface area contributed by atoms with Crippen LogP contribution in [0.2, 0.25) is 0 Å². The third kappa shape index (κ3) is 3.95. The number of aryl methyl sites for hydroxylation is 1. The molecule has 3 aromatic rings. The molecule has 5 heteroatoms. The minimum atomic E-state index is 0.0349. The molecule has 2 fully saturated rings. The number of hydrogen-bond donors (Lipinski definition) is 1. The van der Waals surface area contributed by atoms with Crippen molar-refractivity contribution in [1.82, 2.24) is 19.8 Å². The van der Waals surface area contributed by atoms with Crippen LogP contribution in [0.5, 0.6) is 0 Å². The third-order valence-electron chi connectivity index (χ3n) is 7.18. The van der Waals surface area contributed by atoms with Crippen molar-refractivity contribution in [3.05, 3.63) is 89.0 Å². The molecule has 1 aliphatic carbocycles. The molecular formula is C27H32N4S. The quantitative estimate of drug-likeness (QED) is 0.477. The molecule has 0 unspecified atom stereocenters. The molecule has 0 spiro atoms. The number of benzene rings is 1. The Labute approximate surface area is 196 Å². The van der Waals surface area contributed by atoms with Gasteiger partial charge in [-0.15, -0.1) is 0 Å². The first kappa shape index (κ1) is 21.2. The van der Waals surface area contributed by atoms with Gasteiger partial charge in [-0.3, -0.25) is 4.98 Å². The fourth-order valence-electron chi connectivity index (χ4n) is 5.70. The summed E-state index contributed by atoms with van der Waals surface area (Å²) in [4.78, 5) is 7.06. The smallest absolute Gasteiger partial charge is 0.170 e. The maximum atomic E-state index is 5.88. The molecule has 5 rings (SSSR count). The maximum Gasteiger partial charge on any atom is 0.170 e. The summed E-state index contributed by atoms with van der Waals surface area (Å²) in [5, 5.41) is 4.41. The van der Waals surface area contributed by atoms with Crippen molar-refractivity contribution in [2.24, 2.45) is 0 Å². The lowest BCUT2D eigenvalue weighted by molar-refractivity contribution is 0.306. The maximum absolute atomic E-state index is 5.88. The Bertz CT molecular complexity index is 1070. The van der Waals surface area contributed by atoms with Gasteiger partial charge in [-0.25, -0.2) is 0 Å². The first-order valence-corrected chi connectivity index (χ1v) is 12.2. The Hall–Kier alpha value is -2.66. The summed E-state index contributed by atoms with van der Waals surface area (Å²) < 4.78 is 2.60. The van der Waals surface area contributed by atoms with E-state index in [1.165, 1.54) is 54.6 Å². The predicted molar refractivity (Wildman–Crippen MR) is 133 cm³/mol. The molecule has 166 valence electrons. The minimum Gasteiger partial charge on any atom is -0.352 e. The molecule has 0 amide bonds. The summed E-state index contributed by atoms with van der Waals surface area (Å²) in [6.07, 6.45) is 8.49. The van der Waals surface area contributed by atoms with Crippen LogP contribution in [0.4, 0.5) is 0 Å². The summed E-state index contributed by atoms with van der Waals surface area (Å²) in [5.74, 6) is 0. The van der Waals surface area contributed by atoms with Crippen molar-refractivity contribution in [2.75, 3.05) is 0 Å². The highest BCUT2D eigenvalue weighted by Gasteiger charge is 2.41. The standard InChI is InChI=1S/C27H32N4S/c1-19-17-23(20(2)31(19)22-13-7-4-8-14-22)26-25(24-15-9-10-16-28-24)29-27(32)30(26)18-21-11-5-3-6-12-21/h3,5-6,9-12,15-17,22,25-26H,4,7-8,13-14,18H2,1-2H3,(H,29,32)/t25-,26-/m0/s1. The second kappa shape index (κ2) is 9.07. The third-order valence-corrected chi connectivity index (χ3v) is 7.53. The van der Waals surface area contributed by atoms with Gasteiger partial charge < -0.3 is 14.8 Å². The first-order chi connectivity index (χ1) is 15.6. The number of hydrogen-bond acceptors (Lipinski definition) is 2. The highest BCUT2D eigenvalue weighted by Crippen LogP contribution is 2.43. The van der Waals surface area contributed by atoms with Crippen molar-refractivity contribution < 1.29 is 0 Å². The van der Waals surface area contributed by atoms with E-state index in [-0.39, 0.29) is 12.1 Å². The molecule has 1 N–H and O–H groups in total. The molecular weight excluding hydrogens is 412 g/mol. The fourth-order valence-corrected chi connectivity index (χ4v) is 6.00. The zero-order valence-electron chi connectivity index (χ0n) is 19.0. The molecule has 1 saturated heterocycles. The van der Waals surface area contributed by atoms with E-state index in [2.05, 4.69) is 77.2 Å². The fraction of sp³-hybridized carbons (Fsp3) is 0.407. The zero-order chi connectivity index (χ0) is 22.1. The molecule has 1 aliphatic heterocycles. The monoisotopic (exact) mass is 444 g/mol. The van der Waals surface area contributed by atoms with E-state index in [1.807, 2.05) is 12.3 Å². The Morgan fingerprint density at radius 3 is 2.47 bits per heavy atom. The molecule has 0 radical (unpaired) electrons. The van der Waals surface area contributed by atoms with Crippen LogP contribution in [-0.4, -0.2) is 19.6 Å². The van der Waals surface area contributed by atoms with Gasteiger partial charge in [0.1, 0.15) is 0 Å². The van der Waals surface area contributed by atoms with E-state index < -0.39 is 0 Å². The van der Waals surface area contributed by atoms with E-state index >= 15 is 0 Å². The van der Waals surface area contributed by atoms with Gasteiger partial charge >= 0.3 is 0 Å². The van der Waals surface area contributed by atoms with Crippen LogP contribution in [-0.2, 0) is 6.54 Å². The SMILES string of the molecule is Cc1cc([C@H]2[C@H](c3ccccn3)NC(=S)N2Cc2ccccc2)c(C)n1C1CCCCC1.